The first-order valence-corrected chi connectivity index (χ1v) is 9.62. The van der Waals surface area contributed by atoms with Gasteiger partial charge in [-0.15, -0.1) is 0 Å². The number of hydrogen-bond donors (Lipinski definition) is 1. The molecule has 0 radical (unpaired) electrons. The fourth-order valence-electron chi connectivity index (χ4n) is 4.20. The number of rotatable bonds is 4. The van der Waals surface area contributed by atoms with Crippen molar-refractivity contribution in [3.05, 3.63) is 0 Å². The predicted octanol–water partition coefficient (Wildman–Crippen LogP) is 3.57. The summed E-state index contributed by atoms with van der Waals surface area (Å²) in [4.78, 5) is 0. The summed E-state index contributed by atoms with van der Waals surface area (Å²) in [5, 5.41) is 18.0. The molecule has 4 aliphatic rings. The second-order valence-electron chi connectivity index (χ2n) is 7.65. The molecule has 0 aromatic heterocycles. The first-order valence-electron chi connectivity index (χ1n) is 9.62. The van der Waals surface area contributed by atoms with Gasteiger partial charge in [-0.25, -0.2) is 0 Å². The van der Waals surface area contributed by atoms with Crippen molar-refractivity contribution in [1.82, 2.24) is 0 Å². The van der Waals surface area contributed by atoms with Crippen molar-refractivity contribution in [2.24, 2.45) is 11.8 Å². The Morgan fingerprint density at radius 3 is 2.35 bits per heavy atom. The standard InChI is InChI=1S/C12H20O3.C7H11N/c13-10-5-4-8(11-12(10)15-11)2-1-3-9-6-7-14-9;8-6-7-4-2-1-3-5-7/h8-13H,1-7H2;7H,1-5H2. The number of epoxide rings is 1. The molecule has 0 bridgehead atoms. The van der Waals surface area contributed by atoms with E-state index in [1.807, 2.05) is 0 Å². The first-order chi connectivity index (χ1) is 11.3. The molecule has 23 heavy (non-hydrogen) atoms. The van der Waals surface area contributed by atoms with Crippen LogP contribution in [-0.4, -0.2) is 36.1 Å². The van der Waals surface area contributed by atoms with Crippen LogP contribution < -0.4 is 0 Å². The summed E-state index contributed by atoms with van der Waals surface area (Å²) in [5.41, 5.74) is 0. The van der Waals surface area contributed by atoms with Gasteiger partial charge in [0.25, 0.3) is 0 Å². The van der Waals surface area contributed by atoms with E-state index in [2.05, 4.69) is 6.07 Å². The minimum absolute atomic E-state index is 0.179. The van der Waals surface area contributed by atoms with Gasteiger partial charge in [0, 0.05) is 12.5 Å². The van der Waals surface area contributed by atoms with Crippen molar-refractivity contribution in [3.63, 3.8) is 0 Å². The van der Waals surface area contributed by atoms with E-state index in [0.29, 0.717) is 24.0 Å². The highest BCUT2D eigenvalue weighted by Gasteiger charge is 2.51. The normalized spacial score (nSPS) is 39.2. The van der Waals surface area contributed by atoms with E-state index in [1.165, 1.54) is 44.9 Å². The Bertz CT molecular complexity index is 398. The highest BCUT2D eigenvalue weighted by molar-refractivity contribution is 4.99. The lowest BCUT2D eigenvalue weighted by atomic mass is 9.84. The van der Waals surface area contributed by atoms with Crippen molar-refractivity contribution < 1.29 is 14.6 Å². The second kappa shape index (κ2) is 8.46. The Balaban J connectivity index is 0.000000166. The van der Waals surface area contributed by atoms with Crippen LogP contribution in [-0.2, 0) is 9.47 Å². The van der Waals surface area contributed by atoms with Crippen LogP contribution in [0.4, 0.5) is 0 Å². The third-order valence-electron chi connectivity index (χ3n) is 5.92. The van der Waals surface area contributed by atoms with Crippen molar-refractivity contribution in [2.45, 2.75) is 95.0 Å². The van der Waals surface area contributed by atoms with Crippen LogP contribution in [0, 0.1) is 23.2 Å². The van der Waals surface area contributed by atoms with Crippen LogP contribution in [0.5, 0.6) is 0 Å². The molecule has 2 aliphatic heterocycles. The maximum absolute atomic E-state index is 9.55. The Morgan fingerprint density at radius 2 is 1.74 bits per heavy atom. The quantitative estimate of drug-likeness (QED) is 0.804. The molecule has 2 saturated heterocycles. The van der Waals surface area contributed by atoms with Crippen molar-refractivity contribution >= 4 is 0 Å². The molecule has 2 heterocycles. The van der Waals surface area contributed by atoms with Gasteiger partial charge in [-0.05, 0) is 50.9 Å². The van der Waals surface area contributed by atoms with Gasteiger partial charge in [0.2, 0.25) is 0 Å². The second-order valence-corrected chi connectivity index (χ2v) is 7.65. The van der Waals surface area contributed by atoms with Gasteiger partial charge in [-0.2, -0.15) is 5.26 Å². The van der Waals surface area contributed by atoms with E-state index in [9.17, 15) is 5.11 Å². The zero-order valence-corrected chi connectivity index (χ0v) is 14.2. The summed E-state index contributed by atoms with van der Waals surface area (Å²) < 4.78 is 10.9. The average molecular weight is 321 g/mol. The van der Waals surface area contributed by atoms with Crippen molar-refractivity contribution in [1.29, 1.82) is 5.26 Å². The van der Waals surface area contributed by atoms with E-state index in [-0.39, 0.29) is 12.2 Å². The van der Waals surface area contributed by atoms with Crippen molar-refractivity contribution in [2.75, 3.05) is 6.61 Å². The first kappa shape index (κ1) is 17.2. The molecule has 4 heteroatoms. The van der Waals surface area contributed by atoms with E-state index >= 15 is 0 Å². The molecule has 1 N–H and O–H groups in total. The van der Waals surface area contributed by atoms with Gasteiger partial charge >= 0.3 is 0 Å². The number of hydrogen-bond acceptors (Lipinski definition) is 4. The predicted molar refractivity (Wildman–Crippen MR) is 87.8 cm³/mol. The van der Waals surface area contributed by atoms with Gasteiger partial charge < -0.3 is 14.6 Å². The fourth-order valence-corrected chi connectivity index (χ4v) is 4.20. The Morgan fingerprint density at radius 1 is 0.957 bits per heavy atom. The maximum Gasteiger partial charge on any atom is 0.110 e. The highest BCUT2D eigenvalue weighted by atomic mass is 16.6. The number of nitrogens with zero attached hydrogens (tertiary/aromatic N) is 1. The lowest BCUT2D eigenvalue weighted by Gasteiger charge is -2.27. The molecule has 130 valence electrons. The van der Waals surface area contributed by atoms with E-state index in [0.717, 1.165) is 32.3 Å². The smallest absolute Gasteiger partial charge is 0.110 e. The molecule has 4 rings (SSSR count). The Kier molecular flexibility index (Phi) is 6.33. The van der Waals surface area contributed by atoms with Gasteiger partial charge in [0.1, 0.15) is 6.10 Å². The number of aliphatic hydroxyl groups excluding tert-OH is 1. The minimum atomic E-state index is -0.179. The van der Waals surface area contributed by atoms with Crippen LogP contribution in [0.1, 0.15) is 70.6 Å². The lowest BCUT2D eigenvalue weighted by molar-refractivity contribution is -0.0562. The zero-order chi connectivity index (χ0) is 16.1. The number of nitriles is 1. The monoisotopic (exact) mass is 321 g/mol. The van der Waals surface area contributed by atoms with E-state index in [4.69, 9.17) is 14.7 Å². The molecule has 5 atom stereocenters. The van der Waals surface area contributed by atoms with Crippen LogP contribution in [0.15, 0.2) is 0 Å². The summed E-state index contributed by atoms with van der Waals surface area (Å²) in [5.74, 6) is 1.10. The molecule has 0 amide bonds. The molecule has 0 aromatic rings. The summed E-state index contributed by atoms with van der Waals surface area (Å²) in [6.07, 6.45) is 14.2. The van der Waals surface area contributed by atoms with E-state index in [1.54, 1.807) is 0 Å². The van der Waals surface area contributed by atoms with Crippen LogP contribution in [0.25, 0.3) is 0 Å². The molecular weight excluding hydrogens is 290 g/mol. The third kappa shape index (κ3) is 4.92. The van der Waals surface area contributed by atoms with Gasteiger partial charge in [0.15, 0.2) is 0 Å². The van der Waals surface area contributed by atoms with E-state index < -0.39 is 0 Å². The van der Waals surface area contributed by atoms with Crippen molar-refractivity contribution in [3.8, 4) is 6.07 Å². The molecule has 0 spiro atoms. The molecule has 0 aromatic carbocycles. The van der Waals surface area contributed by atoms with Gasteiger partial charge in [-0.1, -0.05) is 25.7 Å². The summed E-state index contributed by atoms with van der Waals surface area (Å²) >= 11 is 0. The summed E-state index contributed by atoms with van der Waals surface area (Å²) in [6, 6.07) is 2.30. The lowest BCUT2D eigenvalue weighted by Crippen LogP contribution is -2.29. The third-order valence-corrected chi connectivity index (χ3v) is 5.92. The number of ether oxygens (including phenoxy) is 2. The number of fused-ring (bicyclic) bond motifs is 1. The topological polar surface area (TPSA) is 65.8 Å². The molecule has 4 nitrogen and oxygen atoms in total. The fraction of sp³-hybridized carbons (Fsp3) is 0.947. The van der Waals surface area contributed by atoms with Crippen LogP contribution in [0.2, 0.25) is 0 Å². The maximum atomic E-state index is 9.55. The molecule has 2 aliphatic carbocycles. The molecule has 4 fully saturated rings. The Labute approximate surface area is 140 Å². The van der Waals surface area contributed by atoms with Crippen LogP contribution >= 0.6 is 0 Å². The van der Waals surface area contributed by atoms with Gasteiger partial charge in [-0.3, -0.25) is 0 Å². The molecule has 2 saturated carbocycles. The molecular formula is C19H31NO3. The number of aliphatic hydroxyl groups is 1. The summed E-state index contributed by atoms with van der Waals surface area (Å²) in [7, 11) is 0. The highest BCUT2D eigenvalue weighted by Crippen LogP contribution is 2.43. The summed E-state index contributed by atoms with van der Waals surface area (Å²) in [6.45, 7) is 0.966. The molecule has 5 unspecified atom stereocenters. The SMILES string of the molecule is N#CC1CCCCC1.OC1CCC(CCCC2CCO2)C2OC12. The van der Waals surface area contributed by atoms with Crippen LogP contribution in [0.3, 0.4) is 0 Å². The van der Waals surface area contributed by atoms with Gasteiger partial charge in [0.05, 0.1) is 24.4 Å². The largest absolute Gasteiger partial charge is 0.390 e. The average Bonchev–Trinajstić information content (AvgIpc) is 3.35. The zero-order valence-electron chi connectivity index (χ0n) is 14.2. The minimum Gasteiger partial charge on any atom is -0.390 e. The Hall–Kier alpha value is -0.630.